The second-order valence-corrected chi connectivity index (χ2v) is 3.53. The van der Waals surface area contributed by atoms with Crippen LogP contribution in [0, 0.1) is 11.8 Å². The molecule has 0 fully saturated rings. The average Bonchev–Trinajstić information content (AvgIpc) is 2.36. The topological polar surface area (TPSA) is 61.4 Å². The predicted octanol–water partition coefficient (Wildman–Crippen LogP) is 1.02. The molecule has 1 atom stereocenters. The lowest BCUT2D eigenvalue weighted by Crippen LogP contribution is -2.34. The van der Waals surface area contributed by atoms with Crippen LogP contribution in [0.2, 0.25) is 0 Å². The highest BCUT2D eigenvalue weighted by molar-refractivity contribution is 5.74. The third-order valence-corrected chi connectivity index (χ3v) is 2.27. The lowest BCUT2D eigenvalue weighted by molar-refractivity contribution is 0.240. The Morgan fingerprint density at radius 2 is 2.29 bits per heavy atom. The number of hydrogen-bond acceptors (Lipinski definition) is 2. The molecule has 1 aromatic rings. The highest BCUT2D eigenvalue weighted by atomic mass is 16.2. The lowest BCUT2D eigenvalue weighted by Gasteiger charge is -2.14. The Kier molecular flexibility index (Phi) is 5.05. The second-order valence-electron chi connectivity index (χ2n) is 3.53. The number of hydrogen-bond donors (Lipinski definition) is 3. The molecule has 4 nitrogen and oxygen atoms in total. The van der Waals surface area contributed by atoms with E-state index in [-0.39, 0.29) is 18.7 Å². The quantitative estimate of drug-likeness (QED) is 0.667. The van der Waals surface area contributed by atoms with Crippen molar-refractivity contribution < 1.29 is 9.90 Å². The SMILES string of the molecule is CNC(=O)NC(C)c1cccc(C#CCO)c1. The van der Waals surface area contributed by atoms with Crippen LogP contribution in [0.3, 0.4) is 0 Å². The first kappa shape index (κ1) is 13.1. The fourth-order valence-electron chi connectivity index (χ4n) is 1.38. The molecule has 4 heteroatoms. The molecule has 17 heavy (non-hydrogen) atoms. The van der Waals surface area contributed by atoms with Gasteiger partial charge < -0.3 is 15.7 Å². The largest absolute Gasteiger partial charge is 0.384 e. The molecule has 90 valence electrons. The minimum atomic E-state index is -0.218. The van der Waals surface area contributed by atoms with Gasteiger partial charge in [-0.25, -0.2) is 4.79 Å². The Morgan fingerprint density at radius 3 is 2.94 bits per heavy atom. The lowest BCUT2D eigenvalue weighted by atomic mass is 10.1. The molecule has 1 aromatic carbocycles. The predicted molar refractivity (Wildman–Crippen MR) is 66.4 cm³/mol. The zero-order valence-electron chi connectivity index (χ0n) is 9.95. The van der Waals surface area contributed by atoms with E-state index in [4.69, 9.17) is 5.11 Å². The van der Waals surface area contributed by atoms with Gasteiger partial charge in [-0.05, 0) is 24.6 Å². The minimum absolute atomic E-state index is 0.0918. The van der Waals surface area contributed by atoms with E-state index < -0.39 is 0 Å². The number of benzene rings is 1. The summed E-state index contributed by atoms with van der Waals surface area (Å²) in [5, 5.41) is 13.9. The van der Waals surface area contributed by atoms with Crippen LogP contribution in [0.4, 0.5) is 4.79 Å². The van der Waals surface area contributed by atoms with Crippen molar-refractivity contribution in [3.05, 3.63) is 35.4 Å². The molecule has 0 saturated carbocycles. The molecule has 0 spiro atoms. The maximum Gasteiger partial charge on any atom is 0.315 e. The summed E-state index contributed by atoms with van der Waals surface area (Å²) in [5.74, 6) is 5.42. The number of carbonyl (C=O) groups excluding carboxylic acids is 1. The Labute approximate surface area is 101 Å². The van der Waals surface area contributed by atoms with Gasteiger partial charge in [0.15, 0.2) is 0 Å². The van der Waals surface area contributed by atoms with Crippen LogP contribution in [0.5, 0.6) is 0 Å². The molecule has 1 rings (SSSR count). The highest BCUT2D eigenvalue weighted by Gasteiger charge is 2.07. The van der Waals surface area contributed by atoms with Crippen molar-refractivity contribution in [2.45, 2.75) is 13.0 Å². The first-order valence-corrected chi connectivity index (χ1v) is 5.35. The first-order chi connectivity index (χ1) is 8.17. The van der Waals surface area contributed by atoms with Gasteiger partial charge in [-0.3, -0.25) is 0 Å². The van der Waals surface area contributed by atoms with Crippen LogP contribution in [0.15, 0.2) is 24.3 Å². The molecule has 0 radical (unpaired) electrons. The van der Waals surface area contributed by atoms with Crippen molar-refractivity contribution in [1.29, 1.82) is 0 Å². The molecule has 1 unspecified atom stereocenters. The second kappa shape index (κ2) is 6.56. The van der Waals surface area contributed by atoms with Gasteiger partial charge in [-0.1, -0.05) is 24.0 Å². The summed E-state index contributed by atoms with van der Waals surface area (Å²) in [6.45, 7) is 1.74. The molecule has 0 aliphatic heterocycles. The molecule has 0 aromatic heterocycles. The third kappa shape index (κ3) is 4.17. The number of amides is 2. The van der Waals surface area contributed by atoms with Crippen LogP contribution in [-0.2, 0) is 0 Å². The zero-order chi connectivity index (χ0) is 12.7. The number of rotatable bonds is 2. The average molecular weight is 232 g/mol. The van der Waals surface area contributed by atoms with Gasteiger partial charge >= 0.3 is 6.03 Å². The molecule has 2 amide bonds. The van der Waals surface area contributed by atoms with Gasteiger partial charge in [0.2, 0.25) is 0 Å². The molecule has 0 aliphatic rings. The highest BCUT2D eigenvalue weighted by Crippen LogP contribution is 2.13. The van der Waals surface area contributed by atoms with Gasteiger partial charge in [-0.2, -0.15) is 0 Å². The van der Waals surface area contributed by atoms with E-state index in [9.17, 15) is 4.79 Å². The van der Waals surface area contributed by atoms with E-state index in [1.807, 2.05) is 31.2 Å². The van der Waals surface area contributed by atoms with Gasteiger partial charge in [0.05, 0.1) is 6.04 Å². The monoisotopic (exact) mass is 232 g/mol. The van der Waals surface area contributed by atoms with E-state index >= 15 is 0 Å². The Balaban J connectivity index is 2.80. The van der Waals surface area contributed by atoms with Crippen molar-refractivity contribution in [3.63, 3.8) is 0 Å². The van der Waals surface area contributed by atoms with Gasteiger partial charge in [-0.15, -0.1) is 0 Å². The molecular weight excluding hydrogens is 216 g/mol. The fourth-order valence-corrected chi connectivity index (χ4v) is 1.38. The molecule has 0 aliphatic carbocycles. The fraction of sp³-hybridized carbons (Fsp3) is 0.308. The summed E-state index contributed by atoms with van der Waals surface area (Å²) < 4.78 is 0. The molecule has 0 saturated heterocycles. The number of carbonyl (C=O) groups is 1. The zero-order valence-corrected chi connectivity index (χ0v) is 9.95. The normalized spacial score (nSPS) is 11.0. The maximum absolute atomic E-state index is 11.2. The van der Waals surface area contributed by atoms with Crippen molar-refractivity contribution >= 4 is 6.03 Å². The van der Waals surface area contributed by atoms with Crippen LogP contribution in [0.1, 0.15) is 24.1 Å². The number of aliphatic hydroxyl groups is 1. The Hall–Kier alpha value is -1.99. The summed E-state index contributed by atoms with van der Waals surface area (Å²) in [7, 11) is 1.57. The minimum Gasteiger partial charge on any atom is -0.384 e. The van der Waals surface area contributed by atoms with Crippen LogP contribution < -0.4 is 10.6 Å². The van der Waals surface area contributed by atoms with Crippen molar-refractivity contribution in [2.24, 2.45) is 0 Å². The van der Waals surface area contributed by atoms with Crippen LogP contribution in [-0.4, -0.2) is 24.8 Å². The maximum atomic E-state index is 11.2. The van der Waals surface area contributed by atoms with E-state index in [0.717, 1.165) is 11.1 Å². The molecule has 0 heterocycles. The summed E-state index contributed by atoms with van der Waals surface area (Å²) in [5.41, 5.74) is 1.79. The Bertz CT molecular complexity index is 446. The van der Waals surface area contributed by atoms with Gasteiger partial charge in [0, 0.05) is 12.6 Å². The number of urea groups is 1. The summed E-state index contributed by atoms with van der Waals surface area (Å²) in [4.78, 5) is 11.2. The van der Waals surface area contributed by atoms with E-state index in [0.29, 0.717) is 0 Å². The van der Waals surface area contributed by atoms with E-state index in [1.165, 1.54) is 0 Å². The molecular formula is C13H16N2O2. The smallest absolute Gasteiger partial charge is 0.315 e. The summed E-state index contributed by atoms with van der Waals surface area (Å²) in [6.07, 6.45) is 0. The van der Waals surface area contributed by atoms with Crippen molar-refractivity contribution in [1.82, 2.24) is 10.6 Å². The third-order valence-electron chi connectivity index (χ3n) is 2.27. The van der Waals surface area contributed by atoms with Crippen LogP contribution >= 0.6 is 0 Å². The first-order valence-electron chi connectivity index (χ1n) is 5.35. The molecule has 0 bridgehead atoms. The number of aliphatic hydroxyl groups excluding tert-OH is 1. The summed E-state index contributed by atoms with van der Waals surface area (Å²) in [6, 6.07) is 7.24. The van der Waals surface area contributed by atoms with Gasteiger partial charge in [0.25, 0.3) is 0 Å². The molecule has 3 N–H and O–H groups in total. The van der Waals surface area contributed by atoms with Crippen LogP contribution in [0.25, 0.3) is 0 Å². The summed E-state index contributed by atoms with van der Waals surface area (Å²) >= 11 is 0. The van der Waals surface area contributed by atoms with E-state index in [2.05, 4.69) is 22.5 Å². The van der Waals surface area contributed by atoms with Crippen molar-refractivity contribution in [3.8, 4) is 11.8 Å². The number of nitrogens with one attached hydrogen (secondary N) is 2. The Morgan fingerprint density at radius 1 is 1.53 bits per heavy atom. The van der Waals surface area contributed by atoms with Crippen molar-refractivity contribution in [2.75, 3.05) is 13.7 Å². The van der Waals surface area contributed by atoms with Gasteiger partial charge in [0.1, 0.15) is 6.61 Å². The van der Waals surface area contributed by atoms with E-state index in [1.54, 1.807) is 7.05 Å². The standard InChI is InChI=1S/C13H16N2O2/c1-10(15-13(17)14-2)12-7-3-5-11(9-12)6-4-8-16/h3,5,7,9-10,16H,8H2,1-2H3,(H2,14,15,17).